The molecule has 3 aromatic rings. The average Bonchev–Trinajstić information content (AvgIpc) is 3.08. The molecule has 0 atom stereocenters. The normalized spacial score (nSPS) is 10.4. The summed E-state index contributed by atoms with van der Waals surface area (Å²) in [6.07, 6.45) is 4.92. The third-order valence-corrected chi connectivity index (χ3v) is 2.96. The summed E-state index contributed by atoms with van der Waals surface area (Å²) < 4.78 is 18.3. The molecule has 0 amide bonds. The number of hydrogen-bond donors (Lipinski definition) is 0. The number of benzene rings is 1. The Morgan fingerprint density at radius 1 is 1.18 bits per heavy atom. The van der Waals surface area contributed by atoms with Crippen molar-refractivity contribution in [2.45, 2.75) is 6.61 Å². The van der Waals surface area contributed by atoms with Crippen LogP contribution in [0.25, 0.3) is 5.69 Å². The zero-order valence-corrected chi connectivity index (χ0v) is 11.4. The first kappa shape index (κ1) is 13.9. The van der Waals surface area contributed by atoms with Crippen molar-refractivity contribution in [3.63, 3.8) is 0 Å². The van der Waals surface area contributed by atoms with Gasteiger partial charge in [0, 0.05) is 17.2 Å². The third-order valence-electron chi connectivity index (χ3n) is 2.96. The van der Waals surface area contributed by atoms with E-state index in [1.165, 1.54) is 16.9 Å². The van der Waals surface area contributed by atoms with Gasteiger partial charge in [-0.15, -0.1) is 0 Å². The molecule has 0 saturated heterocycles. The molecule has 22 heavy (non-hydrogen) atoms. The Morgan fingerprint density at radius 3 is 2.68 bits per heavy atom. The molecule has 0 aliphatic carbocycles. The first-order valence-corrected chi connectivity index (χ1v) is 6.45. The number of halogens is 1. The number of pyridine rings is 1. The van der Waals surface area contributed by atoms with Gasteiger partial charge in [0.2, 0.25) is 5.88 Å². The molecule has 1 aromatic carbocycles. The minimum absolute atomic E-state index is 0.189. The maximum Gasteiger partial charge on any atom is 0.213 e. The molecule has 6 nitrogen and oxygen atoms in total. The van der Waals surface area contributed by atoms with Crippen LogP contribution in [0.15, 0.2) is 48.9 Å². The Morgan fingerprint density at radius 2 is 2.00 bits per heavy atom. The van der Waals surface area contributed by atoms with E-state index < -0.39 is 5.82 Å². The number of nitrogens with zero attached hydrogens (tertiary/aromatic N) is 4. The van der Waals surface area contributed by atoms with Crippen molar-refractivity contribution in [2.24, 2.45) is 0 Å². The van der Waals surface area contributed by atoms with Crippen LogP contribution in [-0.4, -0.2) is 26.3 Å². The van der Waals surface area contributed by atoms with Crippen LogP contribution in [0, 0.1) is 5.82 Å². The van der Waals surface area contributed by atoms with E-state index in [2.05, 4.69) is 15.2 Å². The minimum atomic E-state index is -0.427. The minimum Gasteiger partial charge on any atom is -0.473 e. The number of carbonyl (C=O) groups excluding carboxylic acids is 1. The molecule has 0 fully saturated rings. The van der Waals surface area contributed by atoms with Gasteiger partial charge in [0.15, 0.2) is 0 Å². The number of ether oxygens (including phenoxy) is 1. The standard InChI is InChI=1S/C15H11FN4O2/c16-13-3-4-15(17-8-13)22-10-12-2-1-11(9-21)7-14(12)20-18-5-6-19-20/h1-9H,10H2. The van der Waals surface area contributed by atoms with Crippen molar-refractivity contribution in [3.05, 3.63) is 65.9 Å². The quantitative estimate of drug-likeness (QED) is 0.675. The van der Waals surface area contributed by atoms with Crippen LogP contribution in [0.5, 0.6) is 5.88 Å². The average molecular weight is 298 g/mol. The highest BCUT2D eigenvalue weighted by Crippen LogP contribution is 2.17. The van der Waals surface area contributed by atoms with Gasteiger partial charge in [0.1, 0.15) is 18.7 Å². The van der Waals surface area contributed by atoms with E-state index in [0.717, 1.165) is 18.0 Å². The molecule has 0 aliphatic heterocycles. The highest BCUT2D eigenvalue weighted by molar-refractivity contribution is 5.76. The molecule has 0 radical (unpaired) electrons. The number of rotatable bonds is 5. The topological polar surface area (TPSA) is 69.9 Å². The number of carbonyl (C=O) groups is 1. The van der Waals surface area contributed by atoms with Crippen molar-refractivity contribution in [1.29, 1.82) is 0 Å². The first-order chi connectivity index (χ1) is 10.8. The lowest BCUT2D eigenvalue weighted by molar-refractivity contribution is 0.112. The predicted molar refractivity (Wildman–Crippen MR) is 75.3 cm³/mol. The molecular formula is C15H11FN4O2. The second-order valence-electron chi connectivity index (χ2n) is 4.43. The van der Waals surface area contributed by atoms with E-state index in [9.17, 15) is 9.18 Å². The summed E-state index contributed by atoms with van der Waals surface area (Å²) in [6, 6.07) is 7.82. The van der Waals surface area contributed by atoms with Crippen molar-refractivity contribution in [2.75, 3.05) is 0 Å². The van der Waals surface area contributed by atoms with Crippen molar-refractivity contribution in [3.8, 4) is 11.6 Å². The van der Waals surface area contributed by atoms with Crippen LogP contribution >= 0.6 is 0 Å². The largest absolute Gasteiger partial charge is 0.473 e. The van der Waals surface area contributed by atoms with Gasteiger partial charge in [-0.2, -0.15) is 15.0 Å². The van der Waals surface area contributed by atoms with Gasteiger partial charge in [-0.25, -0.2) is 9.37 Å². The van der Waals surface area contributed by atoms with Gasteiger partial charge in [-0.1, -0.05) is 12.1 Å². The van der Waals surface area contributed by atoms with Crippen molar-refractivity contribution in [1.82, 2.24) is 20.0 Å². The van der Waals surface area contributed by atoms with Gasteiger partial charge < -0.3 is 4.74 Å². The molecule has 2 aromatic heterocycles. The molecule has 110 valence electrons. The van der Waals surface area contributed by atoms with Gasteiger partial charge in [0.25, 0.3) is 0 Å². The highest BCUT2D eigenvalue weighted by atomic mass is 19.1. The fraction of sp³-hybridized carbons (Fsp3) is 0.0667. The molecule has 7 heteroatoms. The molecule has 0 N–H and O–H groups in total. The molecule has 3 rings (SSSR count). The van der Waals surface area contributed by atoms with Crippen LogP contribution in [0.2, 0.25) is 0 Å². The lowest BCUT2D eigenvalue weighted by Crippen LogP contribution is -2.07. The van der Waals surface area contributed by atoms with E-state index in [1.54, 1.807) is 30.6 Å². The smallest absolute Gasteiger partial charge is 0.213 e. The summed E-state index contributed by atoms with van der Waals surface area (Å²) in [5.74, 6) is -0.121. The monoisotopic (exact) mass is 298 g/mol. The fourth-order valence-electron chi connectivity index (χ4n) is 1.90. The van der Waals surface area contributed by atoms with E-state index in [1.807, 2.05) is 0 Å². The maximum absolute atomic E-state index is 12.8. The van der Waals surface area contributed by atoms with Crippen LogP contribution in [-0.2, 0) is 6.61 Å². The summed E-state index contributed by atoms with van der Waals surface area (Å²) >= 11 is 0. The van der Waals surface area contributed by atoms with Crippen LogP contribution in [0.3, 0.4) is 0 Å². The summed E-state index contributed by atoms with van der Waals surface area (Å²) in [4.78, 5) is 16.2. The number of hydrogen-bond acceptors (Lipinski definition) is 5. The molecule has 2 heterocycles. The molecule has 0 unspecified atom stereocenters. The Labute approximate surface area is 125 Å². The third kappa shape index (κ3) is 2.98. The number of aromatic nitrogens is 4. The number of aldehydes is 1. The zero-order valence-electron chi connectivity index (χ0n) is 11.4. The lowest BCUT2D eigenvalue weighted by Gasteiger charge is -2.10. The summed E-state index contributed by atoms with van der Waals surface area (Å²) in [7, 11) is 0. The second kappa shape index (κ2) is 6.13. The van der Waals surface area contributed by atoms with E-state index in [4.69, 9.17) is 4.74 Å². The molecular weight excluding hydrogens is 287 g/mol. The van der Waals surface area contributed by atoms with Gasteiger partial charge >= 0.3 is 0 Å². The Hall–Kier alpha value is -3.09. The van der Waals surface area contributed by atoms with Crippen LogP contribution in [0.1, 0.15) is 15.9 Å². The molecule has 0 saturated carbocycles. The van der Waals surface area contributed by atoms with Crippen LogP contribution in [0.4, 0.5) is 4.39 Å². The first-order valence-electron chi connectivity index (χ1n) is 6.45. The lowest BCUT2D eigenvalue weighted by atomic mass is 10.1. The zero-order chi connectivity index (χ0) is 15.4. The molecule has 0 aliphatic rings. The van der Waals surface area contributed by atoms with E-state index in [-0.39, 0.29) is 6.61 Å². The van der Waals surface area contributed by atoms with Crippen LogP contribution < -0.4 is 4.74 Å². The molecule has 0 bridgehead atoms. The van der Waals surface area contributed by atoms with Gasteiger partial charge in [-0.3, -0.25) is 4.79 Å². The van der Waals surface area contributed by atoms with Gasteiger partial charge in [0.05, 0.1) is 24.3 Å². The summed E-state index contributed by atoms with van der Waals surface area (Å²) in [5.41, 5.74) is 1.92. The predicted octanol–water partition coefficient (Wildman–Crippen LogP) is 2.19. The highest BCUT2D eigenvalue weighted by Gasteiger charge is 2.09. The SMILES string of the molecule is O=Cc1ccc(COc2ccc(F)cn2)c(-n2nccn2)c1. The maximum atomic E-state index is 12.8. The van der Waals surface area contributed by atoms with Gasteiger partial charge in [-0.05, 0) is 12.1 Å². The van der Waals surface area contributed by atoms with Crippen molar-refractivity contribution < 1.29 is 13.9 Å². The second-order valence-corrected chi connectivity index (χ2v) is 4.43. The Kier molecular flexibility index (Phi) is 3.86. The Bertz CT molecular complexity index is 773. The van der Waals surface area contributed by atoms with E-state index in [0.29, 0.717) is 17.1 Å². The summed E-state index contributed by atoms with van der Waals surface area (Å²) in [5, 5.41) is 8.12. The fourth-order valence-corrected chi connectivity index (χ4v) is 1.90. The van der Waals surface area contributed by atoms with E-state index >= 15 is 0 Å². The molecule has 0 spiro atoms. The van der Waals surface area contributed by atoms with Crippen molar-refractivity contribution >= 4 is 6.29 Å². The summed E-state index contributed by atoms with van der Waals surface area (Å²) in [6.45, 7) is 0.189. The Balaban J connectivity index is 1.86.